The van der Waals surface area contributed by atoms with Crippen LogP contribution in [-0.4, -0.2) is 0 Å². The fourth-order valence-corrected chi connectivity index (χ4v) is 0.959. The molecule has 1 nitrogen and oxygen atoms in total. The van der Waals surface area contributed by atoms with Gasteiger partial charge in [0.2, 0.25) is 0 Å². The van der Waals surface area contributed by atoms with Crippen LogP contribution in [0.25, 0.3) is 0 Å². The lowest BCUT2D eigenvalue weighted by molar-refractivity contribution is 0.815. The molecule has 0 bridgehead atoms. The number of hydrogen-bond acceptors (Lipinski definition) is 1. The third-order valence-corrected chi connectivity index (χ3v) is 1.71. The minimum Gasteiger partial charge on any atom is -0.385 e. The number of aryl methyl sites for hydroxylation is 1. The van der Waals surface area contributed by atoms with Gasteiger partial charge in [0.15, 0.2) is 0 Å². The van der Waals surface area contributed by atoms with Crippen molar-refractivity contribution >= 4 is 0 Å². The van der Waals surface area contributed by atoms with Gasteiger partial charge >= 0.3 is 0 Å². The molecule has 0 aliphatic heterocycles. The molecule has 0 aliphatic rings. The average Bonchev–Trinajstić information content (AvgIpc) is 2.03. The summed E-state index contributed by atoms with van der Waals surface area (Å²) < 4.78 is 0. The summed E-state index contributed by atoms with van der Waals surface area (Å²) in [5, 5.41) is 3.19. The molecule has 0 radical (unpaired) electrons. The van der Waals surface area contributed by atoms with Gasteiger partial charge in [0.25, 0.3) is 0 Å². The van der Waals surface area contributed by atoms with Gasteiger partial charge in [-0.3, -0.25) is 0 Å². The first kappa shape index (κ1) is 8.85. The van der Waals surface area contributed by atoms with Gasteiger partial charge in [-0.2, -0.15) is 0 Å². The molecule has 0 unspecified atom stereocenters. The Bertz CT molecular complexity index is 259. The third-order valence-electron chi connectivity index (χ3n) is 1.71. The maximum absolute atomic E-state index is 3.78. The molecule has 0 amide bonds. The van der Waals surface area contributed by atoms with Gasteiger partial charge in [0.1, 0.15) is 0 Å². The van der Waals surface area contributed by atoms with Crippen molar-refractivity contribution < 1.29 is 0 Å². The second kappa shape index (κ2) is 3.96. The van der Waals surface area contributed by atoms with Crippen molar-refractivity contribution in [3.05, 3.63) is 47.7 Å². The van der Waals surface area contributed by atoms with Crippen molar-refractivity contribution in [1.29, 1.82) is 0 Å². The molecule has 1 aromatic carbocycles. The number of allylic oxidation sites excluding steroid dienone is 1. The smallest absolute Gasteiger partial charge is 0.0397 e. The minimum absolute atomic E-state index is 0.871. The topological polar surface area (TPSA) is 12.0 Å². The van der Waals surface area contributed by atoms with E-state index in [2.05, 4.69) is 43.1 Å². The molecule has 0 heterocycles. The SMILES string of the molecule is C=C(C)NCc1ccc(C)cc1. The van der Waals surface area contributed by atoms with E-state index in [0.29, 0.717) is 0 Å². The van der Waals surface area contributed by atoms with Crippen molar-refractivity contribution in [2.75, 3.05) is 0 Å². The Morgan fingerprint density at radius 1 is 1.33 bits per heavy atom. The van der Waals surface area contributed by atoms with Gasteiger partial charge in [-0.05, 0) is 19.4 Å². The van der Waals surface area contributed by atoms with Gasteiger partial charge in [-0.25, -0.2) is 0 Å². The largest absolute Gasteiger partial charge is 0.385 e. The lowest BCUT2D eigenvalue weighted by Gasteiger charge is -2.04. The minimum atomic E-state index is 0.871. The predicted octanol–water partition coefficient (Wildman–Crippen LogP) is 2.62. The second-order valence-electron chi connectivity index (χ2n) is 3.12. The van der Waals surface area contributed by atoms with Gasteiger partial charge in [0, 0.05) is 12.2 Å². The summed E-state index contributed by atoms with van der Waals surface area (Å²) in [6.07, 6.45) is 0. The first-order valence-corrected chi connectivity index (χ1v) is 4.13. The Hall–Kier alpha value is -1.24. The van der Waals surface area contributed by atoms with E-state index in [4.69, 9.17) is 0 Å². The fraction of sp³-hybridized carbons (Fsp3) is 0.273. The van der Waals surface area contributed by atoms with Crippen molar-refractivity contribution in [2.45, 2.75) is 20.4 Å². The van der Waals surface area contributed by atoms with Crippen LogP contribution in [0.5, 0.6) is 0 Å². The van der Waals surface area contributed by atoms with Crippen molar-refractivity contribution in [2.24, 2.45) is 0 Å². The lowest BCUT2D eigenvalue weighted by atomic mass is 10.1. The van der Waals surface area contributed by atoms with Gasteiger partial charge < -0.3 is 5.32 Å². The summed E-state index contributed by atoms with van der Waals surface area (Å²) in [6.45, 7) is 8.71. The molecule has 0 atom stereocenters. The highest BCUT2D eigenvalue weighted by molar-refractivity contribution is 5.21. The molecule has 0 aromatic heterocycles. The molecule has 0 aliphatic carbocycles. The molecule has 0 saturated carbocycles. The molecule has 12 heavy (non-hydrogen) atoms. The first-order chi connectivity index (χ1) is 5.68. The van der Waals surface area contributed by atoms with Crippen LogP contribution in [0.2, 0.25) is 0 Å². The van der Waals surface area contributed by atoms with Gasteiger partial charge in [-0.15, -0.1) is 0 Å². The summed E-state index contributed by atoms with van der Waals surface area (Å²) >= 11 is 0. The van der Waals surface area contributed by atoms with Crippen LogP contribution in [0.15, 0.2) is 36.5 Å². The Labute approximate surface area is 74.1 Å². The Morgan fingerprint density at radius 2 is 1.92 bits per heavy atom. The first-order valence-electron chi connectivity index (χ1n) is 4.13. The summed E-state index contributed by atoms with van der Waals surface area (Å²) in [7, 11) is 0. The lowest BCUT2D eigenvalue weighted by Crippen LogP contribution is -2.08. The zero-order valence-electron chi connectivity index (χ0n) is 7.72. The maximum atomic E-state index is 3.78. The van der Waals surface area contributed by atoms with Crippen molar-refractivity contribution in [1.82, 2.24) is 5.32 Å². The summed E-state index contributed by atoms with van der Waals surface area (Å²) in [4.78, 5) is 0. The normalized spacial score (nSPS) is 9.50. The van der Waals surface area contributed by atoms with E-state index in [9.17, 15) is 0 Å². The van der Waals surface area contributed by atoms with Crippen molar-refractivity contribution in [3.63, 3.8) is 0 Å². The highest BCUT2D eigenvalue weighted by Crippen LogP contribution is 2.02. The zero-order chi connectivity index (χ0) is 8.97. The standard InChI is InChI=1S/C11H15N/c1-9(2)12-8-11-6-4-10(3)5-7-11/h4-7,12H,1,8H2,2-3H3. The molecule has 1 rings (SSSR count). The van der Waals surface area contributed by atoms with Gasteiger partial charge in [-0.1, -0.05) is 36.4 Å². The molecule has 1 heteroatoms. The van der Waals surface area contributed by atoms with Crippen LogP contribution < -0.4 is 5.32 Å². The molecule has 0 spiro atoms. The highest BCUT2D eigenvalue weighted by atomic mass is 14.9. The van der Waals surface area contributed by atoms with Crippen LogP contribution in [0.4, 0.5) is 0 Å². The molecule has 64 valence electrons. The van der Waals surface area contributed by atoms with Crippen LogP contribution in [-0.2, 0) is 6.54 Å². The van der Waals surface area contributed by atoms with E-state index in [1.807, 2.05) is 6.92 Å². The van der Waals surface area contributed by atoms with E-state index in [0.717, 1.165) is 12.2 Å². The van der Waals surface area contributed by atoms with Crippen molar-refractivity contribution in [3.8, 4) is 0 Å². The molecule has 1 aromatic rings. The number of hydrogen-bond donors (Lipinski definition) is 1. The van der Waals surface area contributed by atoms with E-state index in [-0.39, 0.29) is 0 Å². The summed E-state index contributed by atoms with van der Waals surface area (Å²) in [5.41, 5.74) is 3.60. The monoisotopic (exact) mass is 161 g/mol. The van der Waals surface area contributed by atoms with E-state index >= 15 is 0 Å². The molecule has 1 N–H and O–H groups in total. The van der Waals surface area contributed by atoms with E-state index < -0.39 is 0 Å². The molecular weight excluding hydrogens is 146 g/mol. The van der Waals surface area contributed by atoms with Gasteiger partial charge in [0.05, 0.1) is 0 Å². The fourth-order valence-electron chi connectivity index (χ4n) is 0.959. The number of nitrogens with one attached hydrogen (secondary N) is 1. The number of rotatable bonds is 3. The second-order valence-corrected chi connectivity index (χ2v) is 3.12. The molecular formula is C11H15N. The average molecular weight is 161 g/mol. The quantitative estimate of drug-likeness (QED) is 0.718. The molecule has 0 fully saturated rings. The highest BCUT2D eigenvalue weighted by Gasteiger charge is 1.90. The predicted molar refractivity (Wildman–Crippen MR) is 52.8 cm³/mol. The summed E-state index contributed by atoms with van der Waals surface area (Å²) in [6, 6.07) is 8.50. The Morgan fingerprint density at radius 3 is 2.42 bits per heavy atom. The van der Waals surface area contributed by atoms with Crippen LogP contribution in [0.3, 0.4) is 0 Å². The van der Waals surface area contributed by atoms with E-state index in [1.54, 1.807) is 0 Å². The maximum Gasteiger partial charge on any atom is 0.0397 e. The summed E-state index contributed by atoms with van der Waals surface area (Å²) in [5.74, 6) is 0. The third kappa shape index (κ3) is 2.79. The Balaban J connectivity index is 2.53. The van der Waals surface area contributed by atoms with Crippen LogP contribution in [0, 0.1) is 6.92 Å². The molecule has 0 saturated heterocycles. The Kier molecular flexibility index (Phi) is 2.92. The zero-order valence-corrected chi connectivity index (χ0v) is 7.72. The number of benzene rings is 1. The van der Waals surface area contributed by atoms with Crippen LogP contribution >= 0.6 is 0 Å². The van der Waals surface area contributed by atoms with E-state index in [1.165, 1.54) is 11.1 Å². The van der Waals surface area contributed by atoms with Crippen LogP contribution in [0.1, 0.15) is 18.1 Å².